The normalized spacial score (nSPS) is 10.8. The van der Waals surface area contributed by atoms with Gasteiger partial charge in [-0.2, -0.15) is 5.10 Å². The van der Waals surface area contributed by atoms with Gasteiger partial charge in [0.1, 0.15) is 10.6 Å². The Labute approximate surface area is 134 Å². The zero-order valence-corrected chi connectivity index (χ0v) is 13.8. The number of thiazole rings is 1. The number of halogens is 1. The first-order chi connectivity index (χ1) is 10.0. The first kappa shape index (κ1) is 15.5. The predicted molar refractivity (Wildman–Crippen MR) is 87.0 cm³/mol. The lowest BCUT2D eigenvalue weighted by Crippen LogP contribution is -2.17. The molecule has 6 nitrogen and oxygen atoms in total. The number of benzene rings is 1. The van der Waals surface area contributed by atoms with Crippen molar-refractivity contribution in [3.63, 3.8) is 0 Å². The number of amides is 1. The van der Waals surface area contributed by atoms with Crippen molar-refractivity contribution in [3.05, 3.63) is 38.8 Å². The topological polar surface area (TPSA) is 89.6 Å². The summed E-state index contributed by atoms with van der Waals surface area (Å²) in [6.45, 7) is 1.73. The third kappa shape index (κ3) is 3.79. The molecule has 2 rings (SSSR count). The van der Waals surface area contributed by atoms with E-state index in [1.165, 1.54) is 0 Å². The van der Waals surface area contributed by atoms with E-state index in [9.17, 15) is 4.79 Å². The highest BCUT2D eigenvalue weighted by Gasteiger charge is 2.13. The van der Waals surface area contributed by atoms with Crippen LogP contribution in [0.3, 0.4) is 0 Å². The van der Waals surface area contributed by atoms with E-state index in [4.69, 9.17) is 10.5 Å². The molecule has 0 spiro atoms. The van der Waals surface area contributed by atoms with Gasteiger partial charge in [-0.3, -0.25) is 4.79 Å². The maximum atomic E-state index is 11.9. The highest BCUT2D eigenvalue weighted by Crippen LogP contribution is 2.24. The lowest BCUT2D eigenvalue weighted by Gasteiger charge is -2.03. The summed E-state index contributed by atoms with van der Waals surface area (Å²) in [6, 6.07) is 5.47. The molecular formula is C13H13BrN4O2S. The third-order valence-electron chi connectivity index (χ3n) is 2.57. The van der Waals surface area contributed by atoms with Gasteiger partial charge in [0.15, 0.2) is 5.13 Å². The molecule has 21 heavy (non-hydrogen) atoms. The van der Waals surface area contributed by atoms with Gasteiger partial charge >= 0.3 is 0 Å². The number of rotatable bonds is 4. The Bertz CT molecular complexity index is 699. The Morgan fingerprint density at radius 1 is 1.57 bits per heavy atom. The van der Waals surface area contributed by atoms with Crippen LogP contribution in [-0.4, -0.2) is 24.2 Å². The van der Waals surface area contributed by atoms with Crippen LogP contribution in [0.25, 0.3) is 0 Å². The molecule has 0 fully saturated rings. The minimum atomic E-state index is -0.328. The smallest absolute Gasteiger partial charge is 0.283 e. The monoisotopic (exact) mass is 368 g/mol. The summed E-state index contributed by atoms with van der Waals surface area (Å²) >= 11 is 4.52. The van der Waals surface area contributed by atoms with E-state index in [1.54, 1.807) is 26.3 Å². The summed E-state index contributed by atoms with van der Waals surface area (Å²) in [5, 5.41) is 4.28. The molecule has 0 aliphatic rings. The maximum absolute atomic E-state index is 11.9. The van der Waals surface area contributed by atoms with Gasteiger partial charge in [-0.05, 0) is 46.6 Å². The molecule has 0 atom stereocenters. The third-order valence-corrected chi connectivity index (χ3v) is 4.18. The number of hydrazone groups is 1. The number of ether oxygens (including phenoxy) is 1. The van der Waals surface area contributed by atoms with Gasteiger partial charge < -0.3 is 10.5 Å². The largest absolute Gasteiger partial charge is 0.496 e. The average molecular weight is 369 g/mol. The van der Waals surface area contributed by atoms with Crippen LogP contribution in [0, 0.1) is 6.92 Å². The Morgan fingerprint density at radius 2 is 2.33 bits per heavy atom. The molecule has 0 saturated heterocycles. The highest BCUT2D eigenvalue weighted by atomic mass is 79.9. The fourth-order valence-corrected chi connectivity index (χ4v) is 2.89. The van der Waals surface area contributed by atoms with E-state index in [1.807, 2.05) is 12.1 Å². The van der Waals surface area contributed by atoms with Crippen LogP contribution < -0.4 is 15.9 Å². The molecule has 0 bridgehead atoms. The molecule has 1 heterocycles. The van der Waals surface area contributed by atoms with Crippen LogP contribution in [0.5, 0.6) is 5.75 Å². The lowest BCUT2D eigenvalue weighted by atomic mass is 10.2. The molecule has 0 radical (unpaired) electrons. The number of anilines is 1. The van der Waals surface area contributed by atoms with E-state index < -0.39 is 0 Å². The summed E-state index contributed by atoms with van der Waals surface area (Å²) in [4.78, 5) is 16.3. The van der Waals surface area contributed by atoms with Crippen LogP contribution >= 0.6 is 27.3 Å². The summed E-state index contributed by atoms with van der Waals surface area (Å²) in [5.41, 5.74) is 9.42. The molecule has 3 N–H and O–H groups in total. The number of hydrogen-bond donors (Lipinski definition) is 2. The number of nitrogens with zero attached hydrogens (tertiary/aromatic N) is 2. The fourth-order valence-electron chi connectivity index (χ4n) is 1.61. The van der Waals surface area contributed by atoms with Crippen molar-refractivity contribution in [1.82, 2.24) is 10.4 Å². The molecule has 2 aromatic rings. The number of nitrogen functional groups attached to an aromatic ring is 1. The molecular weight excluding hydrogens is 356 g/mol. The first-order valence-corrected chi connectivity index (χ1v) is 7.52. The molecule has 110 valence electrons. The Hall–Kier alpha value is -1.93. The molecule has 8 heteroatoms. The maximum Gasteiger partial charge on any atom is 0.283 e. The summed E-state index contributed by atoms with van der Waals surface area (Å²) < 4.78 is 5.95. The second kappa shape index (κ2) is 6.68. The standard InChI is InChI=1S/C13H13BrN4O2S/c1-7-11(21-13(15)17-7)12(19)18-16-6-8-3-4-10(20-2)9(14)5-8/h3-6H,1-2H3,(H2,15,17)(H,18,19)/b16-6-. The Kier molecular flexibility index (Phi) is 4.92. The van der Waals surface area contributed by atoms with Crippen molar-refractivity contribution in [2.45, 2.75) is 6.92 Å². The molecule has 0 aliphatic carbocycles. The highest BCUT2D eigenvalue weighted by molar-refractivity contribution is 9.10. The van der Waals surface area contributed by atoms with Crippen molar-refractivity contribution in [1.29, 1.82) is 0 Å². The van der Waals surface area contributed by atoms with Gasteiger partial charge in [-0.15, -0.1) is 0 Å². The van der Waals surface area contributed by atoms with Crippen LogP contribution in [0.1, 0.15) is 20.9 Å². The second-order valence-corrected chi connectivity index (χ2v) is 5.94. The lowest BCUT2D eigenvalue weighted by molar-refractivity contribution is 0.0958. The summed E-state index contributed by atoms with van der Waals surface area (Å²) in [6.07, 6.45) is 1.54. The van der Waals surface area contributed by atoms with Gasteiger partial charge in [0.05, 0.1) is 23.5 Å². The van der Waals surface area contributed by atoms with Crippen molar-refractivity contribution in [3.8, 4) is 5.75 Å². The van der Waals surface area contributed by atoms with Crippen molar-refractivity contribution < 1.29 is 9.53 Å². The quantitative estimate of drug-likeness (QED) is 0.640. The molecule has 0 aliphatic heterocycles. The van der Waals surface area contributed by atoms with Crippen molar-refractivity contribution in [2.24, 2.45) is 5.10 Å². The number of aromatic nitrogens is 1. The second-order valence-electron chi connectivity index (χ2n) is 4.06. The summed E-state index contributed by atoms with van der Waals surface area (Å²) in [5.74, 6) is 0.400. The number of carbonyl (C=O) groups excluding carboxylic acids is 1. The van der Waals surface area contributed by atoms with Crippen LogP contribution in [0.4, 0.5) is 5.13 Å². The van der Waals surface area contributed by atoms with E-state index in [-0.39, 0.29) is 5.91 Å². The van der Waals surface area contributed by atoms with Gasteiger partial charge in [0.25, 0.3) is 5.91 Å². The minimum absolute atomic E-state index is 0.328. The van der Waals surface area contributed by atoms with E-state index in [2.05, 4.69) is 31.4 Å². The number of nitrogens with one attached hydrogen (secondary N) is 1. The molecule has 1 aromatic carbocycles. The molecule has 0 unspecified atom stereocenters. The average Bonchev–Trinajstić information content (AvgIpc) is 2.78. The van der Waals surface area contributed by atoms with Gasteiger partial charge in [0, 0.05) is 0 Å². The zero-order chi connectivity index (χ0) is 15.4. The number of methoxy groups -OCH3 is 1. The number of nitrogens with two attached hydrogens (primary N) is 1. The molecule has 0 saturated carbocycles. The Balaban J connectivity index is 2.04. The molecule has 1 amide bonds. The minimum Gasteiger partial charge on any atom is -0.496 e. The van der Waals surface area contributed by atoms with Gasteiger partial charge in [0.2, 0.25) is 0 Å². The number of carbonyl (C=O) groups is 1. The zero-order valence-electron chi connectivity index (χ0n) is 11.4. The van der Waals surface area contributed by atoms with Gasteiger partial charge in [-0.25, -0.2) is 10.4 Å². The van der Waals surface area contributed by atoms with Crippen molar-refractivity contribution in [2.75, 3.05) is 12.8 Å². The van der Waals surface area contributed by atoms with Crippen LogP contribution in [0.2, 0.25) is 0 Å². The predicted octanol–water partition coefficient (Wildman–Crippen LogP) is 2.57. The summed E-state index contributed by atoms with van der Waals surface area (Å²) in [7, 11) is 1.59. The van der Waals surface area contributed by atoms with Crippen LogP contribution in [0.15, 0.2) is 27.8 Å². The van der Waals surface area contributed by atoms with E-state index >= 15 is 0 Å². The first-order valence-electron chi connectivity index (χ1n) is 5.91. The van der Waals surface area contributed by atoms with E-state index in [0.717, 1.165) is 27.1 Å². The van der Waals surface area contributed by atoms with Crippen LogP contribution in [-0.2, 0) is 0 Å². The number of hydrogen-bond acceptors (Lipinski definition) is 6. The fraction of sp³-hybridized carbons (Fsp3) is 0.154. The Morgan fingerprint density at radius 3 is 2.90 bits per heavy atom. The van der Waals surface area contributed by atoms with Gasteiger partial charge in [-0.1, -0.05) is 11.3 Å². The van der Waals surface area contributed by atoms with E-state index in [0.29, 0.717) is 15.7 Å². The number of aryl methyl sites for hydroxylation is 1. The van der Waals surface area contributed by atoms with Crippen molar-refractivity contribution >= 4 is 44.5 Å². The molecule has 1 aromatic heterocycles. The SMILES string of the molecule is COc1ccc(/C=N\NC(=O)c2sc(N)nc2C)cc1Br.